The summed E-state index contributed by atoms with van der Waals surface area (Å²) in [4.78, 5) is 25.4. The summed E-state index contributed by atoms with van der Waals surface area (Å²) < 4.78 is 0. The van der Waals surface area contributed by atoms with Crippen LogP contribution in [0.4, 0.5) is 16.2 Å². The molecule has 1 aromatic carbocycles. The molecular weight excluding hydrogens is 298 g/mol. The number of nitrogens with one attached hydrogen (secondary N) is 3. The predicted molar refractivity (Wildman–Crippen MR) is 87.9 cm³/mol. The lowest BCUT2D eigenvalue weighted by molar-refractivity contribution is -0.900. The molecule has 2 rings (SSSR count). The van der Waals surface area contributed by atoms with Gasteiger partial charge >= 0.3 is 6.03 Å². The molecule has 0 unspecified atom stereocenters. The van der Waals surface area contributed by atoms with E-state index in [2.05, 4.69) is 15.5 Å². The molecule has 23 heavy (non-hydrogen) atoms. The summed E-state index contributed by atoms with van der Waals surface area (Å²) in [5, 5.41) is 16.4. The Bertz CT molecular complexity index is 544. The third kappa shape index (κ3) is 4.82. The van der Waals surface area contributed by atoms with Gasteiger partial charge in [-0.05, 0) is 6.07 Å². The summed E-state index contributed by atoms with van der Waals surface area (Å²) in [5.74, 6) is 0. The van der Waals surface area contributed by atoms with Gasteiger partial charge in [0, 0.05) is 26.1 Å². The number of piperazine rings is 1. The number of quaternary nitrogens is 1. The van der Waals surface area contributed by atoms with Gasteiger partial charge in [0.05, 0.1) is 37.6 Å². The van der Waals surface area contributed by atoms with Crippen LogP contribution in [0.15, 0.2) is 24.3 Å². The topological polar surface area (TPSA) is 92.0 Å². The molecule has 3 N–H and O–H groups in total. The van der Waals surface area contributed by atoms with Crippen molar-refractivity contribution in [2.24, 2.45) is 0 Å². The fourth-order valence-corrected chi connectivity index (χ4v) is 2.83. The van der Waals surface area contributed by atoms with E-state index in [0.29, 0.717) is 12.2 Å². The molecule has 1 aromatic rings. The smallest absolute Gasteiger partial charge is 0.314 e. The maximum atomic E-state index is 11.1. The van der Waals surface area contributed by atoms with Crippen LogP contribution in [-0.4, -0.2) is 57.3 Å². The van der Waals surface area contributed by atoms with Crippen molar-refractivity contribution in [2.45, 2.75) is 6.42 Å². The number of rotatable bonds is 6. The van der Waals surface area contributed by atoms with E-state index in [-0.39, 0.29) is 16.6 Å². The molecule has 0 aliphatic carbocycles. The van der Waals surface area contributed by atoms with Crippen LogP contribution in [0, 0.1) is 10.1 Å². The zero-order valence-electron chi connectivity index (χ0n) is 13.4. The van der Waals surface area contributed by atoms with E-state index < -0.39 is 0 Å². The van der Waals surface area contributed by atoms with Gasteiger partial charge in [-0.2, -0.15) is 0 Å². The Balaban J connectivity index is 1.78. The number of carbonyl (C=O) groups excluding carboxylic acids is 1. The molecule has 0 saturated carbocycles. The summed E-state index contributed by atoms with van der Waals surface area (Å²) in [7, 11) is 1.60. The molecule has 126 valence electrons. The lowest BCUT2D eigenvalue weighted by Gasteiger charge is -2.33. The van der Waals surface area contributed by atoms with E-state index in [1.165, 1.54) is 4.90 Å². The van der Waals surface area contributed by atoms with Crippen molar-refractivity contribution in [3.63, 3.8) is 0 Å². The zero-order valence-corrected chi connectivity index (χ0v) is 13.4. The van der Waals surface area contributed by atoms with Gasteiger partial charge in [0.25, 0.3) is 5.69 Å². The van der Waals surface area contributed by atoms with Crippen LogP contribution in [0.5, 0.6) is 0 Å². The number of nitro benzene ring substituents is 1. The Morgan fingerprint density at radius 2 is 2.04 bits per heavy atom. The molecule has 0 atom stereocenters. The SMILES string of the molecule is CNC(=O)NCCC[NH+]1CCN(c2ccccc2[N+](=O)[O-])CC1. The summed E-state index contributed by atoms with van der Waals surface area (Å²) in [5.41, 5.74) is 0.878. The Morgan fingerprint density at radius 3 is 2.70 bits per heavy atom. The van der Waals surface area contributed by atoms with Crippen LogP contribution >= 0.6 is 0 Å². The standard InChI is InChI=1S/C15H23N5O3/c1-16-15(21)17-7-4-8-18-9-11-19(12-10-18)13-5-2-3-6-14(13)20(22)23/h2-3,5-6H,4,7-12H2,1H3,(H2,16,17,21)/p+1. The summed E-state index contributed by atoms with van der Waals surface area (Å²) in [6.07, 6.45) is 0.925. The van der Waals surface area contributed by atoms with Crippen molar-refractivity contribution < 1.29 is 14.6 Å². The summed E-state index contributed by atoms with van der Waals surface area (Å²) >= 11 is 0. The minimum atomic E-state index is -0.320. The molecule has 0 spiro atoms. The van der Waals surface area contributed by atoms with Crippen LogP contribution in [0.1, 0.15) is 6.42 Å². The normalized spacial score (nSPS) is 15.3. The average molecular weight is 322 g/mol. The summed E-state index contributed by atoms with van der Waals surface area (Å²) in [6.45, 7) is 5.18. The van der Waals surface area contributed by atoms with Gasteiger partial charge in [-0.1, -0.05) is 12.1 Å². The van der Waals surface area contributed by atoms with Crippen LogP contribution in [0.3, 0.4) is 0 Å². The number of hydrogen-bond acceptors (Lipinski definition) is 4. The van der Waals surface area contributed by atoms with E-state index in [0.717, 1.165) is 39.1 Å². The number of urea groups is 1. The first-order valence-electron chi connectivity index (χ1n) is 7.89. The molecule has 8 heteroatoms. The first-order chi connectivity index (χ1) is 11.1. The molecule has 0 aromatic heterocycles. The third-order valence-electron chi connectivity index (χ3n) is 4.11. The number of para-hydroxylation sites is 2. The number of anilines is 1. The maximum Gasteiger partial charge on any atom is 0.314 e. The lowest BCUT2D eigenvalue weighted by Crippen LogP contribution is -3.15. The molecule has 0 bridgehead atoms. The zero-order chi connectivity index (χ0) is 16.7. The highest BCUT2D eigenvalue weighted by Gasteiger charge is 2.24. The van der Waals surface area contributed by atoms with Crippen LogP contribution in [0.2, 0.25) is 0 Å². The second-order valence-electron chi connectivity index (χ2n) is 5.59. The first kappa shape index (κ1) is 17.0. The van der Waals surface area contributed by atoms with Gasteiger partial charge in [0.1, 0.15) is 5.69 Å². The van der Waals surface area contributed by atoms with Crippen LogP contribution < -0.4 is 20.4 Å². The number of hydrogen-bond donors (Lipinski definition) is 3. The second-order valence-corrected chi connectivity index (χ2v) is 5.59. The van der Waals surface area contributed by atoms with Crippen molar-refractivity contribution in [3.8, 4) is 0 Å². The number of amides is 2. The highest BCUT2D eigenvalue weighted by Crippen LogP contribution is 2.27. The third-order valence-corrected chi connectivity index (χ3v) is 4.11. The van der Waals surface area contributed by atoms with E-state index in [1.807, 2.05) is 12.1 Å². The Labute approximate surface area is 135 Å². The Kier molecular flexibility index (Phi) is 6.16. The van der Waals surface area contributed by atoms with E-state index in [9.17, 15) is 14.9 Å². The Morgan fingerprint density at radius 1 is 1.35 bits per heavy atom. The highest BCUT2D eigenvalue weighted by atomic mass is 16.6. The van der Waals surface area contributed by atoms with Crippen LogP contribution in [-0.2, 0) is 0 Å². The lowest BCUT2D eigenvalue weighted by atomic mass is 10.2. The van der Waals surface area contributed by atoms with Gasteiger partial charge in [0.2, 0.25) is 0 Å². The molecule has 2 amide bonds. The molecule has 0 radical (unpaired) electrons. The number of benzene rings is 1. The van der Waals surface area contributed by atoms with Crippen molar-refractivity contribution in [3.05, 3.63) is 34.4 Å². The van der Waals surface area contributed by atoms with E-state index >= 15 is 0 Å². The fourth-order valence-electron chi connectivity index (χ4n) is 2.83. The number of nitrogens with zero attached hydrogens (tertiary/aromatic N) is 2. The molecule has 1 aliphatic rings. The minimum absolute atomic E-state index is 0.152. The molecule has 1 heterocycles. The predicted octanol–water partition coefficient (Wildman–Crippen LogP) is -0.381. The maximum absolute atomic E-state index is 11.1. The van der Waals surface area contributed by atoms with Crippen molar-refractivity contribution in [2.75, 3.05) is 51.2 Å². The number of nitro groups is 1. The highest BCUT2D eigenvalue weighted by molar-refractivity contribution is 5.73. The minimum Gasteiger partial charge on any atom is -0.355 e. The quantitative estimate of drug-likeness (QED) is 0.378. The van der Waals surface area contributed by atoms with Crippen molar-refractivity contribution in [1.29, 1.82) is 0 Å². The van der Waals surface area contributed by atoms with E-state index in [4.69, 9.17) is 0 Å². The fraction of sp³-hybridized carbons (Fsp3) is 0.533. The average Bonchev–Trinajstić information content (AvgIpc) is 2.59. The molecule has 1 fully saturated rings. The summed E-state index contributed by atoms with van der Waals surface area (Å²) in [6, 6.07) is 6.76. The largest absolute Gasteiger partial charge is 0.355 e. The van der Waals surface area contributed by atoms with Gasteiger partial charge in [-0.25, -0.2) is 4.79 Å². The second kappa shape index (κ2) is 8.33. The monoisotopic (exact) mass is 322 g/mol. The molecule has 8 nitrogen and oxygen atoms in total. The number of carbonyl (C=O) groups is 1. The van der Waals surface area contributed by atoms with Gasteiger partial charge in [-0.15, -0.1) is 0 Å². The van der Waals surface area contributed by atoms with Gasteiger partial charge in [-0.3, -0.25) is 10.1 Å². The molecular formula is C15H24N5O3+. The van der Waals surface area contributed by atoms with Gasteiger partial charge in [0.15, 0.2) is 0 Å². The van der Waals surface area contributed by atoms with E-state index in [1.54, 1.807) is 19.2 Å². The van der Waals surface area contributed by atoms with Crippen molar-refractivity contribution in [1.82, 2.24) is 10.6 Å². The molecule has 1 saturated heterocycles. The molecule has 1 aliphatic heterocycles. The van der Waals surface area contributed by atoms with Gasteiger partial charge < -0.3 is 20.4 Å². The Hall–Kier alpha value is -2.35. The van der Waals surface area contributed by atoms with Crippen molar-refractivity contribution >= 4 is 17.4 Å². The first-order valence-corrected chi connectivity index (χ1v) is 7.89. The van der Waals surface area contributed by atoms with Crippen LogP contribution in [0.25, 0.3) is 0 Å².